The van der Waals surface area contributed by atoms with E-state index in [9.17, 15) is 14.4 Å². The predicted octanol–water partition coefficient (Wildman–Crippen LogP) is 3.24. The monoisotopic (exact) mass is 385 g/mol. The fourth-order valence-electron chi connectivity index (χ4n) is 2.72. The molecule has 3 rings (SSSR count). The minimum atomic E-state index is -0.802. The van der Waals surface area contributed by atoms with Crippen LogP contribution in [0, 0.1) is 0 Å². The second-order valence-corrected chi connectivity index (χ2v) is 7.81. The molecule has 140 valence electrons. The standard InChI is InChI=1S/C20H19NO5S/c1-20(18(23)21-19(24)27-20)11-13-3-7-16(8-4-13)26-12-17(22)14-5-9-15(25-2)10-6-14/h3-10H,11-12H2,1-2H3,(H,21,23,24)/t20-/m0/s1. The molecule has 1 fully saturated rings. The maximum atomic E-state index is 12.2. The number of hydrogen-bond donors (Lipinski definition) is 1. The number of imide groups is 1. The zero-order valence-corrected chi connectivity index (χ0v) is 15.8. The van der Waals surface area contributed by atoms with Crippen LogP contribution in [0.3, 0.4) is 0 Å². The Kier molecular flexibility index (Phi) is 5.51. The van der Waals surface area contributed by atoms with Crippen molar-refractivity contribution >= 4 is 28.7 Å². The van der Waals surface area contributed by atoms with Crippen LogP contribution >= 0.6 is 11.8 Å². The molecule has 2 aromatic rings. The van der Waals surface area contributed by atoms with Gasteiger partial charge in [-0.15, -0.1) is 0 Å². The van der Waals surface area contributed by atoms with E-state index in [4.69, 9.17) is 9.47 Å². The molecule has 0 aromatic heterocycles. The van der Waals surface area contributed by atoms with Gasteiger partial charge in [0.05, 0.1) is 7.11 Å². The minimum absolute atomic E-state index is 0.0733. The lowest BCUT2D eigenvalue weighted by Gasteiger charge is -2.18. The Morgan fingerprint density at radius 1 is 1.04 bits per heavy atom. The first-order valence-corrected chi connectivity index (χ1v) is 9.15. The average molecular weight is 385 g/mol. The van der Waals surface area contributed by atoms with Crippen LogP contribution in [0.25, 0.3) is 0 Å². The fourth-order valence-corrected chi connectivity index (χ4v) is 3.66. The molecule has 0 bridgehead atoms. The van der Waals surface area contributed by atoms with E-state index in [1.54, 1.807) is 50.4 Å². The second kappa shape index (κ2) is 7.84. The summed E-state index contributed by atoms with van der Waals surface area (Å²) in [5, 5.41) is 1.99. The van der Waals surface area contributed by atoms with Crippen LogP contribution in [-0.4, -0.2) is 35.4 Å². The molecule has 1 saturated heterocycles. The summed E-state index contributed by atoms with van der Waals surface area (Å²) in [6.07, 6.45) is 0.431. The molecule has 0 unspecified atom stereocenters. The van der Waals surface area contributed by atoms with Crippen LogP contribution < -0.4 is 14.8 Å². The molecular formula is C20H19NO5S. The molecule has 1 aliphatic heterocycles. The molecule has 0 radical (unpaired) electrons. The van der Waals surface area contributed by atoms with Gasteiger partial charge in [-0.2, -0.15) is 0 Å². The molecule has 2 aromatic carbocycles. The van der Waals surface area contributed by atoms with Gasteiger partial charge in [-0.25, -0.2) is 0 Å². The first-order valence-electron chi connectivity index (χ1n) is 8.33. The highest BCUT2D eigenvalue weighted by molar-refractivity contribution is 8.16. The number of carbonyl (C=O) groups is 3. The normalized spacial score (nSPS) is 18.9. The summed E-state index contributed by atoms with van der Waals surface area (Å²) in [6.45, 7) is 1.67. The van der Waals surface area contributed by atoms with Gasteiger partial charge in [0.15, 0.2) is 12.4 Å². The Hall–Kier alpha value is -2.80. The number of amides is 2. The summed E-state index contributed by atoms with van der Waals surface area (Å²) in [5.41, 5.74) is 1.46. The first-order chi connectivity index (χ1) is 12.9. The number of ether oxygens (including phenoxy) is 2. The van der Waals surface area contributed by atoms with Crippen LogP contribution in [0.1, 0.15) is 22.8 Å². The zero-order valence-electron chi connectivity index (χ0n) is 15.0. The van der Waals surface area contributed by atoms with E-state index in [-0.39, 0.29) is 23.5 Å². The number of hydrogen-bond acceptors (Lipinski definition) is 6. The summed E-state index contributed by atoms with van der Waals surface area (Å²) in [5.74, 6) is 0.840. The Morgan fingerprint density at radius 2 is 1.67 bits per heavy atom. The predicted molar refractivity (Wildman–Crippen MR) is 103 cm³/mol. The van der Waals surface area contributed by atoms with Crippen LogP contribution in [0.4, 0.5) is 4.79 Å². The molecule has 6 nitrogen and oxygen atoms in total. The number of ketones is 1. The number of Topliss-reactive ketones (excluding diaryl/α,β-unsaturated/α-hetero) is 1. The summed E-state index contributed by atoms with van der Waals surface area (Å²) < 4.78 is 9.81. The number of carbonyl (C=O) groups excluding carboxylic acids is 3. The van der Waals surface area contributed by atoms with Gasteiger partial charge in [0.25, 0.3) is 5.24 Å². The van der Waals surface area contributed by atoms with E-state index in [0.29, 0.717) is 23.5 Å². The first kappa shape index (κ1) is 19.0. The maximum Gasteiger partial charge on any atom is 0.286 e. The second-order valence-electron chi connectivity index (χ2n) is 6.34. The van der Waals surface area contributed by atoms with Crippen molar-refractivity contribution in [2.45, 2.75) is 18.1 Å². The highest BCUT2D eigenvalue weighted by Crippen LogP contribution is 2.34. The van der Waals surface area contributed by atoms with Crippen molar-refractivity contribution in [2.75, 3.05) is 13.7 Å². The van der Waals surface area contributed by atoms with Crippen molar-refractivity contribution < 1.29 is 23.9 Å². The Bertz CT molecular complexity index is 863. The van der Waals surface area contributed by atoms with Crippen molar-refractivity contribution in [2.24, 2.45) is 0 Å². The maximum absolute atomic E-state index is 12.2. The SMILES string of the molecule is COc1ccc(C(=O)COc2ccc(C[C@]3(C)SC(=O)NC3=O)cc2)cc1. The molecule has 1 N–H and O–H groups in total. The molecular weight excluding hydrogens is 366 g/mol. The number of benzene rings is 2. The van der Waals surface area contributed by atoms with E-state index in [2.05, 4.69) is 5.32 Å². The minimum Gasteiger partial charge on any atom is -0.497 e. The van der Waals surface area contributed by atoms with Crippen LogP contribution in [-0.2, 0) is 11.2 Å². The van der Waals surface area contributed by atoms with Crippen LogP contribution in [0.15, 0.2) is 48.5 Å². The lowest BCUT2D eigenvalue weighted by Crippen LogP contribution is -2.35. The molecule has 1 heterocycles. The summed E-state index contributed by atoms with van der Waals surface area (Å²) in [4.78, 5) is 35.5. The molecule has 2 amide bonds. The van der Waals surface area contributed by atoms with Gasteiger partial charge < -0.3 is 9.47 Å². The smallest absolute Gasteiger partial charge is 0.286 e. The third kappa shape index (κ3) is 4.49. The van der Waals surface area contributed by atoms with Gasteiger partial charge in [0, 0.05) is 5.56 Å². The van der Waals surface area contributed by atoms with E-state index >= 15 is 0 Å². The van der Waals surface area contributed by atoms with Crippen molar-refractivity contribution in [1.82, 2.24) is 5.32 Å². The van der Waals surface area contributed by atoms with Crippen molar-refractivity contribution in [1.29, 1.82) is 0 Å². The van der Waals surface area contributed by atoms with Gasteiger partial charge in [0.2, 0.25) is 5.91 Å². The fraction of sp³-hybridized carbons (Fsp3) is 0.250. The molecule has 1 aliphatic rings. The Balaban J connectivity index is 1.56. The van der Waals surface area contributed by atoms with E-state index < -0.39 is 4.75 Å². The van der Waals surface area contributed by atoms with Crippen LogP contribution in [0.2, 0.25) is 0 Å². The van der Waals surface area contributed by atoms with E-state index in [1.807, 2.05) is 12.1 Å². The lowest BCUT2D eigenvalue weighted by atomic mass is 9.99. The van der Waals surface area contributed by atoms with Gasteiger partial charge >= 0.3 is 0 Å². The summed E-state index contributed by atoms with van der Waals surface area (Å²) in [6, 6.07) is 14.0. The summed E-state index contributed by atoms with van der Waals surface area (Å²) >= 11 is 1.00. The topological polar surface area (TPSA) is 81.7 Å². The molecule has 0 saturated carbocycles. The highest BCUT2D eigenvalue weighted by Gasteiger charge is 2.43. The molecule has 0 spiro atoms. The molecule has 7 heteroatoms. The van der Waals surface area contributed by atoms with Gasteiger partial charge in [0.1, 0.15) is 16.2 Å². The van der Waals surface area contributed by atoms with Crippen molar-refractivity contribution in [3.05, 3.63) is 59.7 Å². The number of nitrogens with one attached hydrogen (secondary N) is 1. The molecule has 1 atom stereocenters. The quantitative estimate of drug-likeness (QED) is 0.737. The van der Waals surface area contributed by atoms with Gasteiger partial charge in [-0.1, -0.05) is 12.1 Å². The van der Waals surface area contributed by atoms with Crippen molar-refractivity contribution in [3.63, 3.8) is 0 Å². The largest absolute Gasteiger partial charge is 0.497 e. The Morgan fingerprint density at radius 3 is 2.22 bits per heavy atom. The van der Waals surface area contributed by atoms with Gasteiger partial charge in [-0.05, 0) is 67.1 Å². The van der Waals surface area contributed by atoms with Crippen molar-refractivity contribution in [3.8, 4) is 11.5 Å². The average Bonchev–Trinajstić information content (AvgIpc) is 2.92. The van der Waals surface area contributed by atoms with E-state index in [1.165, 1.54) is 0 Å². The zero-order chi connectivity index (χ0) is 19.4. The van der Waals surface area contributed by atoms with Crippen LogP contribution in [0.5, 0.6) is 11.5 Å². The number of methoxy groups -OCH3 is 1. The lowest BCUT2D eigenvalue weighted by molar-refractivity contribution is -0.121. The Labute approximate surface area is 161 Å². The third-order valence-corrected chi connectivity index (χ3v) is 5.33. The summed E-state index contributed by atoms with van der Waals surface area (Å²) in [7, 11) is 1.57. The number of rotatable bonds is 7. The number of thioether (sulfide) groups is 1. The van der Waals surface area contributed by atoms with Gasteiger partial charge in [-0.3, -0.25) is 19.7 Å². The third-order valence-electron chi connectivity index (χ3n) is 4.26. The highest BCUT2D eigenvalue weighted by atomic mass is 32.2. The van der Waals surface area contributed by atoms with E-state index in [0.717, 1.165) is 17.3 Å². The molecule has 27 heavy (non-hydrogen) atoms. The molecule has 0 aliphatic carbocycles.